The summed E-state index contributed by atoms with van der Waals surface area (Å²) in [5.41, 5.74) is 0. The molecule has 0 aliphatic heterocycles. The summed E-state index contributed by atoms with van der Waals surface area (Å²) in [5, 5.41) is 2.65. The number of hydrogen-bond acceptors (Lipinski definition) is 6. The highest BCUT2D eigenvalue weighted by Crippen LogP contribution is 2.17. The minimum absolute atomic E-state index is 0.0721. The first-order valence-corrected chi connectivity index (χ1v) is 7.37. The van der Waals surface area contributed by atoms with Gasteiger partial charge in [-0.05, 0) is 31.2 Å². The van der Waals surface area contributed by atoms with Crippen LogP contribution in [0.5, 0.6) is 0 Å². The summed E-state index contributed by atoms with van der Waals surface area (Å²) in [6.07, 6.45) is 0. The van der Waals surface area contributed by atoms with Gasteiger partial charge < -0.3 is 14.5 Å². The van der Waals surface area contributed by atoms with Gasteiger partial charge >= 0.3 is 5.97 Å². The molecule has 0 spiro atoms. The second-order valence-corrected chi connectivity index (χ2v) is 5.75. The molecule has 0 saturated heterocycles. The molecule has 1 amide bonds. The van der Waals surface area contributed by atoms with E-state index in [1.165, 1.54) is 24.3 Å². The van der Waals surface area contributed by atoms with Crippen LogP contribution in [-0.4, -0.2) is 24.3 Å². The molecular weight excluding hydrogens is 306 g/mol. The lowest BCUT2D eigenvalue weighted by Crippen LogP contribution is -2.18. The van der Waals surface area contributed by atoms with Gasteiger partial charge in [0.05, 0.1) is 11.4 Å². The number of hydrogen-bond donors (Lipinski definition) is 1. The Hall–Kier alpha value is -2.41. The van der Waals surface area contributed by atoms with Gasteiger partial charge in [0, 0.05) is 11.8 Å². The normalized spacial score (nSPS) is 10.3. The fourth-order valence-electron chi connectivity index (χ4n) is 1.65. The van der Waals surface area contributed by atoms with Crippen molar-refractivity contribution in [3.8, 4) is 0 Å². The van der Waals surface area contributed by atoms with E-state index in [9.17, 15) is 14.4 Å². The summed E-state index contributed by atoms with van der Waals surface area (Å²) in [5.74, 6) is -0.432. The molecule has 2 rings (SSSR count). The predicted molar refractivity (Wildman–Crippen MR) is 79.9 cm³/mol. The summed E-state index contributed by atoms with van der Waals surface area (Å²) in [6.45, 7) is 3.16. The molecule has 116 valence electrons. The summed E-state index contributed by atoms with van der Waals surface area (Å²) >= 11 is 1.26. The van der Waals surface area contributed by atoms with Crippen LogP contribution in [0.25, 0.3) is 0 Å². The molecule has 7 heteroatoms. The zero-order valence-corrected chi connectivity index (χ0v) is 13.0. The lowest BCUT2D eigenvalue weighted by Gasteiger charge is -2.01. The second kappa shape index (κ2) is 7.04. The number of thiophene rings is 1. The Kier molecular flexibility index (Phi) is 5.11. The number of carbonyl (C=O) groups is 3. The van der Waals surface area contributed by atoms with Gasteiger partial charge in [-0.3, -0.25) is 9.59 Å². The van der Waals surface area contributed by atoms with Crippen LogP contribution in [0.2, 0.25) is 0 Å². The van der Waals surface area contributed by atoms with E-state index in [-0.39, 0.29) is 24.1 Å². The van der Waals surface area contributed by atoms with Crippen molar-refractivity contribution < 1.29 is 23.5 Å². The maximum atomic E-state index is 12.0. The minimum atomic E-state index is -0.670. The molecule has 2 aromatic heterocycles. The Labute approximate surface area is 131 Å². The average Bonchev–Trinajstić information content (AvgIpc) is 3.11. The summed E-state index contributed by atoms with van der Waals surface area (Å²) in [7, 11) is 0. The van der Waals surface area contributed by atoms with E-state index in [0.29, 0.717) is 17.2 Å². The quantitative estimate of drug-likeness (QED) is 0.652. The third kappa shape index (κ3) is 4.29. The van der Waals surface area contributed by atoms with Crippen molar-refractivity contribution in [2.75, 3.05) is 6.61 Å². The van der Waals surface area contributed by atoms with Gasteiger partial charge in [0.2, 0.25) is 17.5 Å². The molecule has 0 aromatic carbocycles. The Morgan fingerprint density at radius 2 is 2.00 bits per heavy atom. The number of amides is 1. The first-order chi connectivity index (χ1) is 10.5. The Morgan fingerprint density at radius 1 is 1.23 bits per heavy atom. The molecule has 0 aliphatic rings. The standard InChI is InChI=1S/C15H15NO5S/c1-9-3-5-13(21-9)15(19)20-8-12(18)14-6-4-11(22-14)7-16-10(2)17/h3-6H,7-8H2,1-2H3,(H,16,17). The van der Waals surface area contributed by atoms with Crippen LogP contribution >= 0.6 is 11.3 Å². The van der Waals surface area contributed by atoms with E-state index in [2.05, 4.69) is 5.32 Å². The molecule has 0 aliphatic carbocycles. The number of furan rings is 1. The third-order valence-corrected chi connectivity index (χ3v) is 3.85. The number of ether oxygens (including phenoxy) is 1. The van der Waals surface area contributed by atoms with Crippen LogP contribution < -0.4 is 5.32 Å². The zero-order valence-electron chi connectivity index (χ0n) is 12.2. The maximum Gasteiger partial charge on any atom is 0.374 e. The highest BCUT2D eigenvalue weighted by molar-refractivity contribution is 7.14. The lowest BCUT2D eigenvalue weighted by molar-refractivity contribution is -0.119. The predicted octanol–water partition coefficient (Wildman–Crippen LogP) is 2.33. The number of aryl methyl sites for hydroxylation is 1. The number of esters is 1. The van der Waals surface area contributed by atoms with Crippen LogP contribution in [0.1, 0.15) is 37.8 Å². The topological polar surface area (TPSA) is 85.6 Å². The van der Waals surface area contributed by atoms with Crippen LogP contribution in [0, 0.1) is 6.92 Å². The van der Waals surface area contributed by atoms with E-state index >= 15 is 0 Å². The molecule has 0 unspecified atom stereocenters. The van der Waals surface area contributed by atoms with Gasteiger partial charge in [0.15, 0.2) is 6.61 Å². The molecule has 2 aromatic rings. The van der Waals surface area contributed by atoms with E-state index in [1.807, 2.05) is 0 Å². The summed E-state index contributed by atoms with van der Waals surface area (Å²) in [4.78, 5) is 35.8. The van der Waals surface area contributed by atoms with Crippen molar-refractivity contribution in [3.63, 3.8) is 0 Å². The average molecular weight is 321 g/mol. The van der Waals surface area contributed by atoms with Gasteiger partial charge in [-0.2, -0.15) is 0 Å². The molecule has 2 heterocycles. The van der Waals surface area contributed by atoms with Crippen LogP contribution in [-0.2, 0) is 16.1 Å². The van der Waals surface area contributed by atoms with Crippen LogP contribution in [0.4, 0.5) is 0 Å². The number of rotatable bonds is 6. The zero-order chi connectivity index (χ0) is 16.1. The lowest BCUT2D eigenvalue weighted by atomic mass is 10.3. The van der Waals surface area contributed by atoms with Crippen molar-refractivity contribution >= 4 is 29.0 Å². The van der Waals surface area contributed by atoms with Crippen molar-refractivity contribution in [2.45, 2.75) is 20.4 Å². The number of carbonyl (C=O) groups excluding carboxylic acids is 3. The van der Waals surface area contributed by atoms with E-state index in [1.54, 1.807) is 25.1 Å². The fraction of sp³-hybridized carbons (Fsp3) is 0.267. The molecule has 0 bridgehead atoms. The number of ketones is 1. The highest BCUT2D eigenvalue weighted by atomic mass is 32.1. The first kappa shape index (κ1) is 16.0. The van der Waals surface area contributed by atoms with Gasteiger partial charge in [-0.25, -0.2) is 4.79 Å². The van der Waals surface area contributed by atoms with Crippen molar-refractivity contribution in [1.82, 2.24) is 5.32 Å². The highest BCUT2D eigenvalue weighted by Gasteiger charge is 2.16. The number of Topliss-reactive ketones (excluding diaryl/α,β-unsaturated/α-hetero) is 1. The molecule has 22 heavy (non-hydrogen) atoms. The third-order valence-electron chi connectivity index (χ3n) is 2.72. The van der Waals surface area contributed by atoms with E-state index in [0.717, 1.165) is 4.88 Å². The van der Waals surface area contributed by atoms with E-state index in [4.69, 9.17) is 9.15 Å². The Balaban J connectivity index is 1.87. The smallest absolute Gasteiger partial charge is 0.374 e. The molecule has 0 fully saturated rings. The van der Waals surface area contributed by atoms with Crippen molar-refractivity contribution in [1.29, 1.82) is 0 Å². The van der Waals surface area contributed by atoms with Crippen LogP contribution in [0.3, 0.4) is 0 Å². The second-order valence-electron chi connectivity index (χ2n) is 4.59. The summed E-state index contributed by atoms with van der Waals surface area (Å²) in [6, 6.07) is 6.55. The molecule has 1 N–H and O–H groups in total. The molecule has 0 saturated carbocycles. The minimum Gasteiger partial charge on any atom is -0.454 e. The summed E-state index contributed by atoms with van der Waals surface area (Å²) < 4.78 is 10.0. The SMILES string of the molecule is CC(=O)NCc1ccc(C(=O)COC(=O)c2ccc(C)o2)s1. The maximum absolute atomic E-state index is 12.0. The fourth-order valence-corrected chi connectivity index (χ4v) is 2.52. The van der Waals surface area contributed by atoms with Gasteiger partial charge in [-0.15, -0.1) is 11.3 Å². The largest absolute Gasteiger partial charge is 0.454 e. The van der Waals surface area contributed by atoms with Gasteiger partial charge in [0.25, 0.3) is 0 Å². The number of nitrogens with one attached hydrogen (secondary N) is 1. The van der Waals surface area contributed by atoms with Crippen molar-refractivity contribution in [3.05, 3.63) is 45.5 Å². The van der Waals surface area contributed by atoms with E-state index < -0.39 is 5.97 Å². The molecule has 0 atom stereocenters. The molecular formula is C15H15NO5S. The van der Waals surface area contributed by atoms with Gasteiger partial charge in [0.1, 0.15) is 5.76 Å². The molecule has 0 radical (unpaired) electrons. The first-order valence-electron chi connectivity index (χ1n) is 6.55. The molecule has 6 nitrogen and oxygen atoms in total. The Bertz CT molecular complexity index is 700. The Morgan fingerprint density at radius 3 is 2.64 bits per heavy atom. The van der Waals surface area contributed by atoms with Crippen LogP contribution in [0.15, 0.2) is 28.7 Å². The van der Waals surface area contributed by atoms with Crippen molar-refractivity contribution in [2.24, 2.45) is 0 Å². The van der Waals surface area contributed by atoms with Gasteiger partial charge in [-0.1, -0.05) is 0 Å². The monoisotopic (exact) mass is 321 g/mol.